The zero-order valence-corrected chi connectivity index (χ0v) is 24.2. The van der Waals surface area contributed by atoms with E-state index in [0.29, 0.717) is 5.91 Å². The van der Waals surface area contributed by atoms with Gasteiger partial charge in [0.2, 0.25) is 5.91 Å². The van der Waals surface area contributed by atoms with E-state index >= 15 is 0 Å². The lowest BCUT2D eigenvalue weighted by atomic mass is 9.96. The first-order valence-electron chi connectivity index (χ1n) is 14.2. The molecule has 1 amide bonds. The van der Waals surface area contributed by atoms with Gasteiger partial charge >= 0.3 is 0 Å². The Labute approximate surface area is 239 Å². The third kappa shape index (κ3) is 5.61. The van der Waals surface area contributed by atoms with E-state index in [2.05, 4.69) is 103 Å². The Kier molecular flexibility index (Phi) is 7.71. The van der Waals surface area contributed by atoms with Crippen LogP contribution in [0, 0.1) is 5.92 Å². The smallest absolute Gasteiger partial charge is 0.227 e. The quantitative estimate of drug-likeness (QED) is 0.282. The predicted octanol–water partition coefficient (Wildman–Crippen LogP) is 5.91. The SMILES string of the molecule is CCc1ccc(N2CCN(C(=O)[C@@H]3CCCN(Cc4nc5ccccc5n4-c4cccc(Br)c4)C3)CC2)cc1. The van der Waals surface area contributed by atoms with Gasteiger partial charge in [-0.1, -0.05) is 53.2 Å². The number of aryl methyl sites for hydroxylation is 1. The van der Waals surface area contributed by atoms with E-state index < -0.39 is 0 Å². The summed E-state index contributed by atoms with van der Waals surface area (Å²) in [7, 11) is 0. The number of para-hydroxylation sites is 2. The van der Waals surface area contributed by atoms with Crippen molar-refractivity contribution >= 4 is 38.6 Å². The number of nitrogens with zero attached hydrogens (tertiary/aromatic N) is 5. The molecule has 4 aromatic rings. The molecule has 3 heterocycles. The third-order valence-electron chi connectivity index (χ3n) is 8.22. The zero-order chi connectivity index (χ0) is 26.8. The molecule has 7 heteroatoms. The number of imidazole rings is 1. The van der Waals surface area contributed by atoms with Gasteiger partial charge in [0.15, 0.2) is 0 Å². The highest BCUT2D eigenvalue weighted by molar-refractivity contribution is 9.10. The minimum Gasteiger partial charge on any atom is -0.368 e. The number of carbonyl (C=O) groups is 1. The number of anilines is 1. The average molecular weight is 587 g/mol. The van der Waals surface area contributed by atoms with Crippen LogP contribution in [-0.4, -0.2) is 64.5 Å². The van der Waals surface area contributed by atoms with Gasteiger partial charge in [-0.25, -0.2) is 4.98 Å². The molecule has 0 unspecified atom stereocenters. The molecule has 0 aliphatic carbocycles. The molecule has 0 bridgehead atoms. The number of piperidine rings is 1. The lowest BCUT2D eigenvalue weighted by Gasteiger charge is -2.39. The number of carbonyl (C=O) groups excluding carboxylic acids is 1. The lowest BCUT2D eigenvalue weighted by molar-refractivity contribution is -0.137. The van der Waals surface area contributed by atoms with Crippen LogP contribution in [0.15, 0.2) is 77.3 Å². The van der Waals surface area contributed by atoms with Crippen LogP contribution in [0.2, 0.25) is 0 Å². The summed E-state index contributed by atoms with van der Waals surface area (Å²) in [5.41, 5.74) is 5.83. The summed E-state index contributed by atoms with van der Waals surface area (Å²) in [6.07, 6.45) is 3.07. The fraction of sp³-hybridized carbons (Fsp3) is 0.375. The predicted molar refractivity (Wildman–Crippen MR) is 161 cm³/mol. The Morgan fingerprint density at radius 1 is 0.923 bits per heavy atom. The monoisotopic (exact) mass is 585 g/mol. The fourth-order valence-electron chi connectivity index (χ4n) is 6.07. The molecule has 0 N–H and O–H groups in total. The van der Waals surface area contributed by atoms with Gasteiger partial charge in [0, 0.05) is 48.6 Å². The minimum atomic E-state index is 0.0536. The maximum absolute atomic E-state index is 13.6. The molecule has 6 nitrogen and oxygen atoms in total. The van der Waals surface area contributed by atoms with Gasteiger partial charge < -0.3 is 9.80 Å². The second-order valence-corrected chi connectivity index (χ2v) is 11.7. The number of benzene rings is 3. The highest BCUT2D eigenvalue weighted by atomic mass is 79.9. The Morgan fingerprint density at radius 2 is 1.72 bits per heavy atom. The maximum Gasteiger partial charge on any atom is 0.227 e. The molecule has 0 spiro atoms. The summed E-state index contributed by atoms with van der Waals surface area (Å²) in [4.78, 5) is 25.6. The number of halogens is 1. The van der Waals surface area contributed by atoms with Crippen molar-refractivity contribution in [2.45, 2.75) is 32.7 Å². The van der Waals surface area contributed by atoms with Gasteiger partial charge in [0.25, 0.3) is 0 Å². The highest BCUT2D eigenvalue weighted by Crippen LogP contribution is 2.27. The summed E-state index contributed by atoms with van der Waals surface area (Å²) in [5.74, 6) is 1.39. The van der Waals surface area contributed by atoms with Crippen LogP contribution in [0.3, 0.4) is 0 Å². The van der Waals surface area contributed by atoms with Gasteiger partial charge in [-0.2, -0.15) is 0 Å². The number of rotatable bonds is 6. The number of fused-ring (bicyclic) bond motifs is 1. The molecular formula is C32H36BrN5O. The van der Waals surface area contributed by atoms with Crippen molar-refractivity contribution in [1.82, 2.24) is 19.4 Å². The Morgan fingerprint density at radius 3 is 2.49 bits per heavy atom. The summed E-state index contributed by atoms with van der Waals surface area (Å²) >= 11 is 3.63. The van der Waals surface area contributed by atoms with Crippen LogP contribution >= 0.6 is 15.9 Å². The van der Waals surface area contributed by atoms with Crippen molar-refractivity contribution in [2.24, 2.45) is 5.92 Å². The number of likely N-dealkylation sites (tertiary alicyclic amines) is 1. The first-order valence-corrected chi connectivity index (χ1v) is 15.0. The molecule has 0 saturated carbocycles. The van der Waals surface area contributed by atoms with E-state index in [0.717, 1.165) is 92.1 Å². The van der Waals surface area contributed by atoms with Gasteiger partial charge in [-0.15, -0.1) is 0 Å². The van der Waals surface area contributed by atoms with E-state index in [-0.39, 0.29) is 5.92 Å². The molecule has 6 rings (SSSR count). The maximum atomic E-state index is 13.6. The average Bonchev–Trinajstić information content (AvgIpc) is 3.35. The Balaban J connectivity index is 1.13. The molecule has 2 aliphatic heterocycles. The molecule has 39 heavy (non-hydrogen) atoms. The summed E-state index contributed by atoms with van der Waals surface area (Å²) in [6, 6.07) is 25.6. The Bertz CT molecular complexity index is 1440. The number of aromatic nitrogens is 2. The first-order chi connectivity index (χ1) is 19.1. The van der Waals surface area contributed by atoms with Gasteiger partial charge in [0.05, 0.1) is 23.5 Å². The molecule has 3 aromatic carbocycles. The van der Waals surface area contributed by atoms with Crippen molar-refractivity contribution in [2.75, 3.05) is 44.2 Å². The second kappa shape index (κ2) is 11.5. The lowest BCUT2D eigenvalue weighted by Crippen LogP contribution is -2.52. The topological polar surface area (TPSA) is 44.6 Å². The summed E-state index contributed by atoms with van der Waals surface area (Å²) in [6.45, 7) is 8.07. The first kappa shape index (κ1) is 26.1. The second-order valence-electron chi connectivity index (χ2n) is 10.7. The molecule has 0 radical (unpaired) electrons. The largest absolute Gasteiger partial charge is 0.368 e. The van der Waals surface area contributed by atoms with Crippen molar-refractivity contribution in [3.63, 3.8) is 0 Å². The molecule has 1 atom stereocenters. The van der Waals surface area contributed by atoms with Crippen LogP contribution < -0.4 is 4.90 Å². The van der Waals surface area contributed by atoms with Crippen molar-refractivity contribution < 1.29 is 4.79 Å². The van der Waals surface area contributed by atoms with E-state index in [9.17, 15) is 4.79 Å². The zero-order valence-electron chi connectivity index (χ0n) is 22.6. The minimum absolute atomic E-state index is 0.0536. The van der Waals surface area contributed by atoms with Crippen LogP contribution in [-0.2, 0) is 17.8 Å². The van der Waals surface area contributed by atoms with E-state index in [4.69, 9.17) is 4.98 Å². The van der Waals surface area contributed by atoms with Crippen molar-refractivity contribution in [3.8, 4) is 5.69 Å². The third-order valence-corrected chi connectivity index (χ3v) is 8.71. The van der Waals surface area contributed by atoms with E-state index in [1.54, 1.807) is 0 Å². The Hall–Kier alpha value is -3.16. The molecule has 202 valence electrons. The van der Waals surface area contributed by atoms with Crippen LogP contribution in [0.4, 0.5) is 5.69 Å². The van der Waals surface area contributed by atoms with E-state index in [1.165, 1.54) is 11.3 Å². The normalized spacial score (nSPS) is 18.6. The van der Waals surface area contributed by atoms with Crippen LogP contribution in [0.1, 0.15) is 31.2 Å². The van der Waals surface area contributed by atoms with Crippen LogP contribution in [0.5, 0.6) is 0 Å². The summed E-state index contributed by atoms with van der Waals surface area (Å²) in [5, 5.41) is 0. The molecule has 2 fully saturated rings. The van der Waals surface area contributed by atoms with E-state index in [1.807, 2.05) is 12.1 Å². The van der Waals surface area contributed by atoms with Gasteiger partial charge in [-0.3, -0.25) is 14.3 Å². The number of hydrogen-bond acceptors (Lipinski definition) is 4. The number of amides is 1. The van der Waals surface area contributed by atoms with Gasteiger partial charge in [-0.05, 0) is 73.8 Å². The van der Waals surface area contributed by atoms with Crippen molar-refractivity contribution in [1.29, 1.82) is 0 Å². The fourth-order valence-corrected chi connectivity index (χ4v) is 6.46. The summed E-state index contributed by atoms with van der Waals surface area (Å²) < 4.78 is 3.31. The van der Waals surface area contributed by atoms with Gasteiger partial charge in [0.1, 0.15) is 5.82 Å². The number of hydrogen-bond donors (Lipinski definition) is 0. The molecule has 2 saturated heterocycles. The highest BCUT2D eigenvalue weighted by Gasteiger charge is 2.31. The standard InChI is InChI=1S/C32H36BrN5O/c1-2-24-12-14-27(15-13-24)36-17-19-37(20-18-36)32(39)25-7-6-16-35(22-25)23-31-34-29-10-3-4-11-30(29)38(31)28-9-5-8-26(33)21-28/h3-5,8-15,21,25H,2,6-7,16-20,22-23H2,1H3/t25-/m1/s1. The number of piperazine rings is 1. The molecule has 1 aromatic heterocycles. The van der Waals surface area contributed by atoms with Crippen molar-refractivity contribution in [3.05, 3.63) is 88.7 Å². The molecular weight excluding hydrogens is 550 g/mol. The van der Waals surface area contributed by atoms with Crippen LogP contribution in [0.25, 0.3) is 16.7 Å². The molecule has 2 aliphatic rings.